The van der Waals surface area contributed by atoms with Gasteiger partial charge < -0.3 is 15.5 Å². The second-order valence-corrected chi connectivity index (χ2v) is 9.21. The van der Waals surface area contributed by atoms with Gasteiger partial charge in [-0.1, -0.05) is 29.8 Å². The van der Waals surface area contributed by atoms with Crippen molar-refractivity contribution in [2.75, 3.05) is 29.9 Å². The number of carbonyl (C=O) groups excluding carboxylic acids is 2. The van der Waals surface area contributed by atoms with E-state index in [0.717, 1.165) is 47.5 Å². The maximum atomic E-state index is 12.4. The van der Waals surface area contributed by atoms with Crippen LogP contribution in [0.5, 0.6) is 0 Å². The Morgan fingerprint density at radius 1 is 0.941 bits per heavy atom. The smallest absolute Gasteiger partial charge is 0.224 e. The number of aryl methyl sites for hydroxylation is 2. The number of hydrogen-bond acceptors (Lipinski definition) is 4. The van der Waals surface area contributed by atoms with E-state index in [9.17, 15) is 9.59 Å². The Balaban J connectivity index is 1.27. The normalized spacial score (nSPS) is 13.6. The minimum atomic E-state index is -0.163. The predicted octanol–water partition coefficient (Wildman–Crippen LogP) is 4.92. The molecule has 178 valence electrons. The lowest BCUT2D eigenvalue weighted by atomic mass is 10.1. The summed E-state index contributed by atoms with van der Waals surface area (Å²) in [5.74, 6) is 0.769. The van der Waals surface area contributed by atoms with E-state index in [1.165, 1.54) is 30.4 Å². The third-order valence-corrected chi connectivity index (χ3v) is 6.36. The molecule has 0 atom stereocenters. The largest absolute Gasteiger partial charge is 0.357 e. The Hall–Kier alpha value is -3.41. The molecule has 0 saturated carbocycles. The van der Waals surface area contributed by atoms with E-state index in [1.807, 2.05) is 24.3 Å². The molecule has 3 aromatic rings. The van der Waals surface area contributed by atoms with E-state index in [1.54, 1.807) is 0 Å². The lowest BCUT2D eigenvalue weighted by molar-refractivity contribution is -0.124. The number of piperidine rings is 1. The van der Waals surface area contributed by atoms with Gasteiger partial charge >= 0.3 is 0 Å². The topological polar surface area (TPSA) is 74.3 Å². The molecule has 34 heavy (non-hydrogen) atoms. The van der Waals surface area contributed by atoms with E-state index in [4.69, 9.17) is 4.98 Å². The van der Waals surface area contributed by atoms with E-state index < -0.39 is 0 Å². The average molecular weight is 459 g/mol. The molecular weight excluding hydrogens is 424 g/mol. The molecule has 1 aliphatic rings. The zero-order chi connectivity index (χ0) is 23.9. The fourth-order valence-corrected chi connectivity index (χ4v) is 4.49. The Labute approximate surface area is 201 Å². The van der Waals surface area contributed by atoms with Crippen molar-refractivity contribution in [2.24, 2.45) is 0 Å². The van der Waals surface area contributed by atoms with Crippen LogP contribution in [-0.4, -0.2) is 36.4 Å². The van der Waals surface area contributed by atoms with Gasteiger partial charge in [0.1, 0.15) is 5.82 Å². The third kappa shape index (κ3) is 6.34. The van der Waals surface area contributed by atoms with Gasteiger partial charge in [-0.25, -0.2) is 4.98 Å². The zero-order valence-electron chi connectivity index (χ0n) is 20.2. The van der Waals surface area contributed by atoms with Crippen molar-refractivity contribution >= 4 is 34.2 Å². The Bertz CT molecular complexity index is 1170. The second-order valence-electron chi connectivity index (χ2n) is 9.21. The summed E-state index contributed by atoms with van der Waals surface area (Å²) in [6, 6.07) is 16.2. The number of anilines is 2. The molecule has 2 amide bonds. The van der Waals surface area contributed by atoms with Gasteiger partial charge in [0, 0.05) is 43.5 Å². The molecule has 1 aliphatic heterocycles. The quantitative estimate of drug-likeness (QED) is 0.503. The molecular formula is C28H34N4O2. The standard InChI is InChI=1S/C28H34N4O2/c1-20-7-6-8-22(17-20)13-14-29-27(33)11-12-28(34)30-23-9-10-25-24(19-23)21(2)18-26(31-25)32-15-4-3-5-16-32/h6-10,17-19H,3-5,11-16H2,1-2H3,(H,29,33)(H,30,34). The van der Waals surface area contributed by atoms with Crippen LogP contribution in [0.1, 0.15) is 48.8 Å². The number of fused-ring (bicyclic) bond motifs is 1. The Morgan fingerprint density at radius 3 is 2.53 bits per heavy atom. The molecule has 1 saturated heterocycles. The first-order chi connectivity index (χ1) is 16.5. The summed E-state index contributed by atoms with van der Waals surface area (Å²) >= 11 is 0. The molecule has 0 aliphatic carbocycles. The molecule has 2 heterocycles. The Morgan fingerprint density at radius 2 is 1.74 bits per heavy atom. The minimum Gasteiger partial charge on any atom is -0.357 e. The molecule has 6 heteroatoms. The van der Waals surface area contributed by atoms with Gasteiger partial charge in [0.25, 0.3) is 0 Å². The minimum absolute atomic E-state index is 0.105. The van der Waals surface area contributed by atoms with Crippen LogP contribution in [0.25, 0.3) is 10.9 Å². The molecule has 0 radical (unpaired) electrons. The first-order valence-electron chi connectivity index (χ1n) is 12.3. The molecule has 2 N–H and O–H groups in total. The first-order valence-corrected chi connectivity index (χ1v) is 12.3. The van der Waals surface area contributed by atoms with Gasteiger partial charge in [0.05, 0.1) is 5.52 Å². The monoisotopic (exact) mass is 458 g/mol. The molecule has 0 spiro atoms. The van der Waals surface area contributed by atoms with E-state index in [-0.39, 0.29) is 24.7 Å². The summed E-state index contributed by atoms with van der Waals surface area (Å²) in [5, 5.41) is 6.86. The molecule has 4 rings (SSSR count). The number of rotatable bonds is 8. The summed E-state index contributed by atoms with van der Waals surface area (Å²) in [6.07, 6.45) is 4.83. The van der Waals surface area contributed by atoms with Gasteiger partial charge in [-0.3, -0.25) is 9.59 Å². The highest BCUT2D eigenvalue weighted by Crippen LogP contribution is 2.27. The lowest BCUT2D eigenvalue weighted by Gasteiger charge is -2.28. The van der Waals surface area contributed by atoms with Crippen LogP contribution in [0.3, 0.4) is 0 Å². The van der Waals surface area contributed by atoms with Crippen LogP contribution in [0, 0.1) is 13.8 Å². The van der Waals surface area contributed by atoms with Crippen LogP contribution >= 0.6 is 0 Å². The van der Waals surface area contributed by atoms with Crippen molar-refractivity contribution in [3.8, 4) is 0 Å². The summed E-state index contributed by atoms with van der Waals surface area (Å²) in [4.78, 5) is 31.8. The van der Waals surface area contributed by atoms with Crippen molar-refractivity contribution in [3.05, 3.63) is 65.2 Å². The van der Waals surface area contributed by atoms with Crippen LogP contribution in [0.15, 0.2) is 48.5 Å². The van der Waals surface area contributed by atoms with E-state index >= 15 is 0 Å². The number of aromatic nitrogens is 1. The molecule has 2 aromatic carbocycles. The predicted molar refractivity (Wildman–Crippen MR) is 138 cm³/mol. The highest BCUT2D eigenvalue weighted by Gasteiger charge is 2.14. The van der Waals surface area contributed by atoms with Crippen LogP contribution in [0.4, 0.5) is 11.5 Å². The first kappa shape index (κ1) is 23.7. The molecule has 6 nitrogen and oxygen atoms in total. The number of pyridine rings is 1. The summed E-state index contributed by atoms with van der Waals surface area (Å²) in [6.45, 7) is 6.84. The zero-order valence-corrected chi connectivity index (χ0v) is 20.2. The molecule has 1 aromatic heterocycles. The van der Waals surface area contributed by atoms with Crippen LogP contribution in [0.2, 0.25) is 0 Å². The summed E-state index contributed by atoms with van der Waals surface area (Å²) in [5.41, 5.74) is 5.22. The summed E-state index contributed by atoms with van der Waals surface area (Å²) in [7, 11) is 0. The summed E-state index contributed by atoms with van der Waals surface area (Å²) < 4.78 is 0. The second kappa shape index (κ2) is 11.1. The number of amides is 2. The van der Waals surface area contributed by atoms with E-state index in [0.29, 0.717) is 6.54 Å². The van der Waals surface area contributed by atoms with Gasteiger partial charge in [0.15, 0.2) is 0 Å². The fraction of sp³-hybridized carbons (Fsp3) is 0.393. The maximum absolute atomic E-state index is 12.4. The molecule has 0 unspecified atom stereocenters. The Kier molecular flexibility index (Phi) is 7.78. The third-order valence-electron chi connectivity index (χ3n) is 6.36. The van der Waals surface area contributed by atoms with Crippen LogP contribution < -0.4 is 15.5 Å². The van der Waals surface area contributed by atoms with Gasteiger partial charge in [-0.2, -0.15) is 0 Å². The highest BCUT2D eigenvalue weighted by atomic mass is 16.2. The van der Waals surface area contributed by atoms with Crippen LogP contribution in [-0.2, 0) is 16.0 Å². The van der Waals surface area contributed by atoms with E-state index in [2.05, 4.69) is 53.6 Å². The van der Waals surface area contributed by atoms with Crippen molar-refractivity contribution in [2.45, 2.75) is 52.4 Å². The maximum Gasteiger partial charge on any atom is 0.224 e. The highest BCUT2D eigenvalue weighted by molar-refractivity contribution is 5.96. The molecule has 1 fully saturated rings. The number of nitrogens with one attached hydrogen (secondary N) is 2. The lowest BCUT2D eigenvalue weighted by Crippen LogP contribution is -2.30. The number of nitrogens with zero attached hydrogens (tertiary/aromatic N) is 2. The molecule has 0 bridgehead atoms. The number of carbonyl (C=O) groups is 2. The average Bonchev–Trinajstić information content (AvgIpc) is 2.84. The number of benzene rings is 2. The van der Waals surface area contributed by atoms with Crippen molar-refractivity contribution in [1.82, 2.24) is 10.3 Å². The van der Waals surface area contributed by atoms with Crippen molar-refractivity contribution in [3.63, 3.8) is 0 Å². The van der Waals surface area contributed by atoms with Crippen molar-refractivity contribution in [1.29, 1.82) is 0 Å². The SMILES string of the molecule is Cc1cccc(CCNC(=O)CCC(=O)Nc2ccc3nc(N4CCCCC4)cc(C)c3c2)c1. The van der Waals surface area contributed by atoms with Gasteiger partial charge in [-0.05, 0) is 74.9 Å². The van der Waals surface area contributed by atoms with Gasteiger partial charge in [-0.15, -0.1) is 0 Å². The van der Waals surface area contributed by atoms with Crippen molar-refractivity contribution < 1.29 is 9.59 Å². The fourth-order valence-electron chi connectivity index (χ4n) is 4.49. The number of hydrogen-bond donors (Lipinski definition) is 2. The van der Waals surface area contributed by atoms with Gasteiger partial charge in [0.2, 0.25) is 11.8 Å².